The fourth-order valence-electron chi connectivity index (χ4n) is 1.56. The van der Waals surface area contributed by atoms with E-state index in [1.54, 1.807) is 18.2 Å². The molecule has 0 bridgehead atoms. The molecule has 0 spiro atoms. The summed E-state index contributed by atoms with van der Waals surface area (Å²) in [4.78, 5) is 22.7. The molecule has 84 valence electrons. The zero-order valence-corrected chi connectivity index (χ0v) is 8.78. The Hall–Kier alpha value is -2.08. The first-order chi connectivity index (χ1) is 7.72. The fourth-order valence-corrected chi connectivity index (χ4v) is 1.56. The van der Waals surface area contributed by atoms with Gasteiger partial charge in [0.05, 0.1) is 5.69 Å². The van der Waals surface area contributed by atoms with Crippen molar-refractivity contribution in [3.8, 4) is 5.69 Å². The van der Waals surface area contributed by atoms with Crippen molar-refractivity contribution >= 4 is 0 Å². The van der Waals surface area contributed by atoms with Crippen molar-refractivity contribution in [2.75, 3.05) is 7.05 Å². The Bertz CT molecular complexity index is 566. The van der Waals surface area contributed by atoms with E-state index in [2.05, 4.69) is 15.5 Å². The molecule has 0 amide bonds. The summed E-state index contributed by atoms with van der Waals surface area (Å²) >= 11 is 0. The lowest BCUT2D eigenvalue weighted by Crippen LogP contribution is -2.24. The van der Waals surface area contributed by atoms with Crippen LogP contribution in [0.5, 0.6) is 0 Å². The largest absolute Gasteiger partial charge is 0.348 e. The van der Waals surface area contributed by atoms with Gasteiger partial charge in [0.25, 0.3) is 0 Å². The number of aromatic amines is 2. The summed E-state index contributed by atoms with van der Waals surface area (Å²) in [5.74, 6) is 0. The van der Waals surface area contributed by atoms with E-state index < -0.39 is 11.4 Å². The summed E-state index contributed by atoms with van der Waals surface area (Å²) in [5.41, 5.74) is 0.631. The van der Waals surface area contributed by atoms with Crippen molar-refractivity contribution in [2.24, 2.45) is 0 Å². The maximum Gasteiger partial charge on any atom is 0.348 e. The molecule has 0 aliphatic heterocycles. The SMILES string of the molecule is CNCc1cccc(-n2c(=O)[nH][nH]c2=O)c1. The van der Waals surface area contributed by atoms with Crippen molar-refractivity contribution in [3.05, 3.63) is 50.8 Å². The molecule has 3 N–H and O–H groups in total. The highest BCUT2D eigenvalue weighted by atomic mass is 16.2. The van der Waals surface area contributed by atoms with Crippen LogP contribution in [0.1, 0.15) is 5.56 Å². The molecular weight excluding hydrogens is 208 g/mol. The Morgan fingerprint density at radius 3 is 2.56 bits per heavy atom. The first-order valence-electron chi connectivity index (χ1n) is 4.86. The smallest absolute Gasteiger partial charge is 0.316 e. The minimum absolute atomic E-state index is 0.466. The van der Waals surface area contributed by atoms with Crippen LogP contribution in [0.25, 0.3) is 5.69 Å². The molecule has 6 nitrogen and oxygen atoms in total. The van der Waals surface area contributed by atoms with Gasteiger partial charge < -0.3 is 5.32 Å². The molecule has 2 aromatic rings. The van der Waals surface area contributed by atoms with Gasteiger partial charge in [-0.3, -0.25) is 0 Å². The van der Waals surface area contributed by atoms with E-state index in [4.69, 9.17) is 0 Å². The van der Waals surface area contributed by atoms with E-state index in [1.165, 1.54) is 0 Å². The topological polar surface area (TPSA) is 82.7 Å². The molecule has 0 unspecified atom stereocenters. The molecular formula is C10H12N4O2. The van der Waals surface area contributed by atoms with Gasteiger partial charge in [0.1, 0.15) is 0 Å². The molecule has 16 heavy (non-hydrogen) atoms. The third kappa shape index (κ3) is 1.82. The number of hydrogen-bond donors (Lipinski definition) is 3. The van der Waals surface area contributed by atoms with Crippen molar-refractivity contribution < 1.29 is 0 Å². The van der Waals surface area contributed by atoms with Crippen LogP contribution in [0, 0.1) is 0 Å². The molecule has 0 saturated heterocycles. The number of rotatable bonds is 3. The minimum Gasteiger partial charge on any atom is -0.316 e. The highest BCUT2D eigenvalue weighted by Gasteiger charge is 2.05. The van der Waals surface area contributed by atoms with Crippen molar-refractivity contribution in [1.29, 1.82) is 0 Å². The number of benzene rings is 1. The molecule has 0 aliphatic rings. The molecule has 1 aromatic heterocycles. The van der Waals surface area contributed by atoms with Gasteiger partial charge in [0, 0.05) is 6.54 Å². The number of aromatic nitrogens is 3. The van der Waals surface area contributed by atoms with E-state index in [1.807, 2.05) is 13.1 Å². The lowest BCUT2D eigenvalue weighted by Gasteiger charge is -2.03. The van der Waals surface area contributed by atoms with Gasteiger partial charge in [-0.15, -0.1) is 0 Å². The van der Waals surface area contributed by atoms with Gasteiger partial charge in [-0.05, 0) is 24.7 Å². The summed E-state index contributed by atoms with van der Waals surface area (Å²) in [6.07, 6.45) is 0. The third-order valence-corrected chi connectivity index (χ3v) is 2.23. The number of nitrogens with zero attached hydrogens (tertiary/aromatic N) is 1. The van der Waals surface area contributed by atoms with E-state index in [0.717, 1.165) is 10.1 Å². The Morgan fingerprint density at radius 1 is 1.25 bits per heavy atom. The van der Waals surface area contributed by atoms with Crippen LogP contribution < -0.4 is 16.7 Å². The zero-order valence-electron chi connectivity index (χ0n) is 8.78. The van der Waals surface area contributed by atoms with Crippen molar-refractivity contribution in [2.45, 2.75) is 6.54 Å². The van der Waals surface area contributed by atoms with Crippen molar-refractivity contribution in [1.82, 2.24) is 20.1 Å². The predicted molar refractivity (Wildman–Crippen MR) is 59.8 cm³/mol. The van der Waals surface area contributed by atoms with Crippen LogP contribution in [-0.2, 0) is 6.54 Å². The monoisotopic (exact) mass is 220 g/mol. The van der Waals surface area contributed by atoms with Crippen LogP contribution in [0.4, 0.5) is 0 Å². The predicted octanol–water partition coefficient (Wildman–Crippen LogP) is -0.427. The molecule has 0 saturated carbocycles. The standard InChI is InChI=1S/C10H12N4O2/c1-11-6-7-3-2-4-8(5-7)14-9(15)12-13-10(14)16/h2-5,11H,6H2,1H3,(H,12,15)(H,13,16). The Labute approximate surface area is 90.9 Å². The fraction of sp³-hybridized carbons (Fsp3) is 0.200. The maximum absolute atomic E-state index is 11.4. The van der Waals surface area contributed by atoms with E-state index in [-0.39, 0.29) is 0 Å². The molecule has 0 radical (unpaired) electrons. The lowest BCUT2D eigenvalue weighted by molar-refractivity contribution is 0.815. The molecule has 0 fully saturated rings. The van der Waals surface area contributed by atoms with Gasteiger partial charge in [0.15, 0.2) is 0 Å². The number of nitrogens with one attached hydrogen (secondary N) is 3. The van der Waals surface area contributed by atoms with Crippen LogP contribution in [0.2, 0.25) is 0 Å². The van der Waals surface area contributed by atoms with Crippen LogP contribution in [0.3, 0.4) is 0 Å². The lowest BCUT2D eigenvalue weighted by atomic mass is 10.2. The zero-order chi connectivity index (χ0) is 11.5. The second-order valence-corrected chi connectivity index (χ2v) is 3.40. The number of H-pyrrole nitrogens is 2. The highest BCUT2D eigenvalue weighted by molar-refractivity contribution is 5.35. The second kappa shape index (κ2) is 4.19. The molecule has 2 rings (SSSR count). The quantitative estimate of drug-likeness (QED) is 0.656. The average molecular weight is 220 g/mol. The second-order valence-electron chi connectivity index (χ2n) is 3.40. The van der Waals surface area contributed by atoms with Gasteiger partial charge in [-0.2, -0.15) is 0 Å². The Morgan fingerprint density at radius 2 is 1.94 bits per heavy atom. The summed E-state index contributed by atoms with van der Waals surface area (Å²) in [5, 5.41) is 7.49. The third-order valence-electron chi connectivity index (χ3n) is 2.23. The molecule has 6 heteroatoms. The molecule has 0 atom stereocenters. The normalized spacial score (nSPS) is 10.6. The van der Waals surface area contributed by atoms with Gasteiger partial charge in [0.2, 0.25) is 0 Å². The first-order valence-corrected chi connectivity index (χ1v) is 4.86. The van der Waals surface area contributed by atoms with Gasteiger partial charge >= 0.3 is 11.4 Å². The van der Waals surface area contributed by atoms with Crippen molar-refractivity contribution in [3.63, 3.8) is 0 Å². The molecule has 1 aromatic carbocycles. The van der Waals surface area contributed by atoms with Gasteiger partial charge in [-0.25, -0.2) is 24.4 Å². The Kier molecular flexibility index (Phi) is 2.74. The van der Waals surface area contributed by atoms with E-state index in [0.29, 0.717) is 12.2 Å². The highest BCUT2D eigenvalue weighted by Crippen LogP contribution is 2.06. The average Bonchev–Trinajstić information content (AvgIpc) is 2.59. The van der Waals surface area contributed by atoms with E-state index >= 15 is 0 Å². The van der Waals surface area contributed by atoms with Crippen LogP contribution >= 0.6 is 0 Å². The minimum atomic E-state index is -0.466. The first kappa shape index (κ1) is 10.4. The van der Waals surface area contributed by atoms with Crippen LogP contribution in [0.15, 0.2) is 33.9 Å². The summed E-state index contributed by atoms with van der Waals surface area (Å²) in [6.45, 7) is 0.685. The number of hydrogen-bond acceptors (Lipinski definition) is 3. The van der Waals surface area contributed by atoms with Crippen LogP contribution in [-0.4, -0.2) is 21.8 Å². The molecule has 0 aliphatic carbocycles. The Balaban J connectivity index is 2.52. The van der Waals surface area contributed by atoms with Gasteiger partial charge in [-0.1, -0.05) is 12.1 Å². The molecule has 1 heterocycles. The maximum atomic E-state index is 11.4. The summed E-state index contributed by atoms with van der Waals surface area (Å²) in [6, 6.07) is 7.23. The summed E-state index contributed by atoms with van der Waals surface area (Å²) in [7, 11) is 1.84. The summed E-state index contributed by atoms with van der Waals surface area (Å²) < 4.78 is 1.05. The van der Waals surface area contributed by atoms with E-state index in [9.17, 15) is 9.59 Å².